The first-order chi connectivity index (χ1) is 11.4. The van der Waals surface area contributed by atoms with E-state index in [-0.39, 0.29) is 18.7 Å². The van der Waals surface area contributed by atoms with Gasteiger partial charge >= 0.3 is 12.2 Å². The number of piperidine rings is 1. The van der Waals surface area contributed by atoms with Crippen LogP contribution in [0.1, 0.15) is 24.8 Å². The van der Waals surface area contributed by atoms with Crippen LogP contribution in [0.3, 0.4) is 0 Å². The Labute approximate surface area is 138 Å². The normalized spacial score (nSPS) is 16.1. The number of rotatable bonds is 5. The van der Waals surface area contributed by atoms with Crippen LogP contribution in [0.2, 0.25) is 0 Å². The zero-order chi connectivity index (χ0) is 17.6. The van der Waals surface area contributed by atoms with Gasteiger partial charge in [-0.2, -0.15) is 13.2 Å². The molecule has 2 rings (SSSR count). The summed E-state index contributed by atoms with van der Waals surface area (Å²) in [6.07, 6.45) is -1.65. The van der Waals surface area contributed by atoms with E-state index in [4.69, 9.17) is 5.11 Å². The number of nitrogens with zero attached hydrogens (tertiary/aromatic N) is 2. The van der Waals surface area contributed by atoms with Gasteiger partial charge in [-0.15, -0.1) is 0 Å². The quantitative estimate of drug-likeness (QED) is 0.710. The van der Waals surface area contributed by atoms with Crippen LogP contribution in [0, 0.1) is 0 Å². The lowest BCUT2D eigenvalue weighted by Crippen LogP contribution is -2.48. The Kier molecular flexibility index (Phi) is 6.24. The molecule has 0 bridgehead atoms. The van der Waals surface area contributed by atoms with E-state index in [1.807, 2.05) is 4.90 Å². The van der Waals surface area contributed by atoms with Gasteiger partial charge in [0.05, 0.1) is 5.56 Å². The number of aromatic nitrogens is 1. The Balaban J connectivity index is 1.79. The molecule has 0 aromatic carbocycles. The Hall–Kier alpha value is -2.03. The van der Waals surface area contributed by atoms with Gasteiger partial charge in [0.15, 0.2) is 0 Å². The maximum Gasteiger partial charge on any atom is 0.417 e. The molecular weight excluding hydrogens is 325 g/mol. The lowest BCUT2D eigenvalue weighted by atomic mass is 10.1. The fourth-order valence-corrected chi connectivity index (χ4v) is 2.51. The summed E-state index contributed by atoms with van der Waals surface area (Å²) in [7, 11) is 0. The first kappa shape index (κ1) is 18.3. The molecule has 134 valence electrons. The molecule has 1 saturated heterocycles. The molecule has 1 aliphatic heterocycles. The van der Waals surface area contributed by atoms with Crippen LogP contribution in [0.5, 0.6) is 0 Å². The molecule has 9 heteroatoms. The highest BCUT2D eigenvalue weighted by molar-refractivity contribution is 5.74. The average molecular weight is 346 g/mol. The van der Waals surface area contributed by atoms with Crippen molar-refractivity contribution in [2.75, 3.05) is 31.1 Å². The minimum Gasteiger partial charge on any atom is -0.396 e. The molecule has 0 unspecified atom stereocenters. The Bertz CT molecular complexity index is 529. The lowest BCUT2D eigenvalue weighted by Gasteiger charge is -2.33. The molecule has 1 aliphatic rings. The lowest BCUT2D eigenvalue weighted by molar-refractivity contribution is -0.137. The first-order valence-electron chi connectivity index (χ1n) is 7.83. The monoisotopic (exact) mass is 346 g/mol. The van der Waals surface area contributed by atoms with Gasteiger partial charge in [-0.3, -0.25) is 0 Å². The fraction of sp³-hybridized carbons (Fsp3) is 0.600. The average Bonchev–Trinajstić information content (AvgIpc) is 2.55. The zero-order valence-corrected chi connectivity index (χ0v) is 13.1. The number of hydrogen-bond acceptors (Lipinski definition) is 4. The SMILES string of the molecule is O=C(NCCCO)NC1CCN(c2ccc(C(F)(F)F)cn2)CC1. The van der Waals surface area contributed by atoms with Crippen LogP contribution in [0.4, 0.5) is 23.8 Å². The van der Waals surface area contributed by atoms with E-state index in [1.54, 1.807) is 0 Å². The number of amides is 2. The predicted octanol–water partition coefficient (Wildman–Crippen LogP) is 1.75. The number of urea groups is 1. The predicted molar refractivity (Wildman–Crippen MR) is 82.7 cm³/mol. The van der Waals surface area contributed by atoms with Crippen LogP contribution in [-0.2, 0) is 6.18 Å². The second-order valence-corrected chi connectivity index (χ2v) is 5.64. The smallest absolute Gasteiger partial charge is 0.396 e. The number of nitrogens with one attached hydrogen (secondary N) is 2. The Morgan fingerprint density at radius 2 is 2.04 bits per heavy atom. The number of hydrogen-bond donors (Lipinski definition) is 3. The van der Waals surface area contributed by atoms with Gasteiger partial charge in [0, 0.05) is 38.5 Å². The van der Waals surface area contributed by atoms with Crippen LogP contribution in [0.15, 0.2) is 18.3 Å². The maximum absolute atomic E-state index is 12.5. The third-order valence-corrected chi connectivity index (χ3v) is 3.85. The molecular formula is C15H21F3N4O2. The highest BCUT2D eigenvalue weighted by atomic mass is 19.4. The van der Waals surface area contributed by atoms with Gasteiger partial charge in [-0.05, 0) is 31.4 Å². The minimum atomic E-state index is -4.38. The number of anilines is 1. The van der Waals surface area contributed by atoms with Crippen molar-refractivity contribution >= 4 is 11.8 Å². The summed E-state index contributed by atoms with van der Waals surface area (Å²) >= 11 is 0. The topological polar surface area (TPSA) is 77.5 Å². The Morgan fingerprint density at radius 3 is 2.58 bits per heavy atom. The number of halogens is 3. The molecule has 0 saturated carbocycles. The molecule has 0 spiro atoms. The molecule has 1 fully saturated rings. The molecule has 3 N–H and O–H groups in total. The summed E-state index contributed by atoms with van der Waals surface area (Å²) in [5.41, 5.74) is -0.762. The molecule has 0 radical (unpaired) electrons. The molecule has 2 heterocycles. The number of carbonyl (C=O) groups is 1. The molecule has 1 aromatic heterocycles. The van der Waals surface area contributed by atoms with Crippen molar-refractivity contribution in [3.05, 3.63) is 23.9 Å². The van der Waals surface area contributed by atoms with Crippen LogP contribution in [-0.4, -0.2) is 48.4 Å². The fourth-order valence-electron chi connectivity index (χ4n) is 2.51. The van der Waals surface area contributed by atoms with E-state index in [2.05, 4.69) is 15.6 Å². The molecule has 24 heavy (non-hydrogen) atoms. The van der Waals surface area contributed by atoms with Crippen molar-refractivity contribution < 1.29 is 23.1 Å². The number of aliphatic hydroxyl groups is 1. The summed E-state index contributed by atoms with van der Waals surface area (Å²) in [5.74, 6) is 0.508. The van der Waals surface area contributed by atoms with Crippen molar-refractivity contribution in [2.24, 2.45) is 0 Å². The molecule has 1 aromatic rings. The van der Waals surface area contributed by atoms with E-state index in [9.17, 15) is 18.0 Å². The minimum absolute atomic E-state index is 0.0184. The van der Waals surface area contributed by atoms with Crippen molar-refractivity contribution in [2.45, 2.75) is 31.5 Å². The summed E-state index contributed by atoms with van der Waals surface area (Å²) in [4.78, 5) is 17.4. The highest BCUT2D eigenvalue weighted by Crippen LogP contribution is 2.29. The third kappa shape index (κ3) is 5.26. The van der Waals surface area contributed by atoms with Gasteiger partial charge in [0.25, 0.3) is 0 Å². The summed E-state index contributed by atoms with van der Waals surface area (Å²) in [6, 6.07) is 2.15. The molecule has 0 aliphatic carbocycles. The van der Waals surface area contributed by atoms with Crippen molar-refractivity contribution in [1.82, 2.24) is 15.6 Å². The van der Waals surface area contributed by atoms with Crippen molar-refractivity contribution in [1.29, 1.82) is 0 Å². The van der Waals surface area contributed by atoms with Crippen LogP contribution in [0.25, 0.3) is 0 Å². The summed E-state index contributed by atoms with van der Waals surface area (Å²) < 4.78 is 37.6. The maximum atomic E-state index is 12.5. The number of carbonyl (C=O) groups excluding carboxylic acids is 1. The molecule has 2 amide bonds. The number of aliphatic hydroxyl groups excluding tert-OH is 1. The first-order valence-corrected chi connectivity index (χ1v) is 7.83. The van der Waals surface area contributed by atoms with Gasteiger partial charge in [-0.1, -0.05) is 0 Å². The van der Waals surface area contributed by atoms with Crippen molar-refractivity contribution in [3.8, 4) is 0 Å². The second-order valence-electron chi connectivity index (χ2n) is 5.64. The van der Waals surface area contributed by atoms with E-state index in [0.717, 1.165) is 12.3 Å². The second kappa shape index (κ2) is 8.18. The number of alkyl halides is 3. The number of pyridine rings is 1. The van der Waals surface area contributed by atoms with Gasteiger partial charge in [0.1, 0.15) is 5.82 Å². The van der Waals surface area contributed by atoms with E-state index < -0.39 is 11.7 Å². The van der Waals surface area contributed by atoms with Gasteiger partial charge in [-0.25, -0.2) is 9.78 Å². The molecule has 6 nitrogen and oxygen atoms in total. The molecule has 0 atom stereocenters. The highest BCUT2D eigenvalue weighted by Gasteiger charge is 2.31. The van der Waals surface area contributed by atoms with Gasteiger partial charge < -0.3 is 20.6 Å². The van der Waals surface area contributed by atoms with Crippen LogP contribution < -0.4 is 15.5 Å². The standard InChI is InChI=1S/C15H21F3N4O2/c16-15(17,18)11-2-3-13(20-10-11)22-7-4-12(5-8-22)21-14(24)19-6-1-9-23/h2-3,10,12,23H,1,4-9H2,(H2,19,21,24). The largest absolute Gasteiger partial charge is 0.417 e. The summed E-state index contributed by atoms with van der Waals surface area (Å²) in [5, 5.41) is 14.2. The van der Waals surface area contributed by atoms with Crippen molar-refractivity contribution in [3.63, 3.8) is 0 Å². The van der Waals surface area contributed by atoms with Crippen LogP contribution >= 0.6 is 0 Å². The van der Waals surface area contributed by atoms with E-state index in [0.29, 0.717) is 44.7 Å². The Morgan fingerprint density at radius 1 is 1.33 bits per heavy atom. The van der Waals surface area contributed by atoms with E-state index in [1.165, 1.54) is 6.07 Å². The van der Waals surface area contributed by atoms with E-state index >= 15 is 0 Å². The summed E-state index contributed by atoms with van der Waals surface area (Å²) in [6.45, 7) is 1.66. The zero-order valence-electron chi connectivity index (χ0n) is 13.1. The van der Waals surface area contributed by atoms with Gasteiger partial charge in [0.2, 0.25) is 0 Å². The third-order valence-electron chi connectivity index (χ3n) is 3.85.